The van der Waals surface area contributed by atoms with E-state index in [9.17, 15) is 9.18 Å². The van der Waals surface area contributed by atoms with E-state index in [0.717, 1.165) is 11.3 Å². The zero-order valence-corrected chi connectivity index (χ0v) is 15.9. The highest BCUT2D eigenvalue weighted by atomic mass is 19.1. The van der Waals surface area contributed by atoms with Crippen LogP contribution in [-0.2, 0) is 11.8 Å². The van der Waals surface area contributed by atoms with Crippen LogP contribution in [0.15, 0.2) is 18.6 Å². The van der Waals surface area contributed by atoms with Gasteiger partial charge in [-0.1, -0.05) is 0 Å². The molecule has 3 heterocycles. The highest BCUT2D eigenvalue weighted by molar-refractivity contribution is 5.77. The van der Waals surface area contributed by atoms with Gasteiger partial charge in [-0.25, -0.2) is 9.37 Å². The zero-order chi connectivity index (χ0) is 20.1. The maximum atomic E-state index is 13.9. The predicted octanol–water partition coefficient (Wildman–Crippen LogP) is 1.92. The number of hydrogen-bond donors (Lipinski definition) is 2. The summed E-state index contributed by atoms with van der Waals surface area (Å²) in [6.45, 7) is 2.33. The number of carbonyl (C=O) groups excluding carboxylic acids is 1. The van der Waals surface area contributed by atoms with Crippen LogP contribution in [0.25, 0.3) is 0 Å². The Morgan fingerprint density at radius 3 is 3.00 bits per heavy atom. The first-order valence-corrected chi connectivity index (χ1v) is 9.10. The lowest BCUT2D eigenvalue weighted by Crippen LogP contribution is -2.39. The summed E-state index contributed by atoms with van der Waals surface area (Å²) in [4.78, 5) is 22.5. The van der Waals surface area contributed by atoms with Crippen LogP contribution < -0.4 is 10.6 Å². The van der Waals surface area contributed by atoms with Crippen LogP contribution in [0.3, 0.4) is 0 Å². The lowest BCUT2D eigenvalue weighted by atomic mass is 10.2. The van der Waals surface area contributed by atoms with Gasteiger partial charge >= 0.3 is 0 Å². The number of likely N-dealkylation sites (tertiary alicyclic amines) is 1. The van der Waals surface area contributed by atoms with Gasteiger partial charge in [-0.15, -0.1) is 0 Å². The molecule has 2 N–H and O–H groups in total. The first-order valence-electron chi connectivity index (χ1n) is 9.10. The van der Waals surface area contributed by atoms with Crippen molar-refractivity contribution in [1.82, 2.24) is 24.6 Å². The zero-order valence-electron chi connectivity index (χ0n) is 15.9. The van der Waals surface area contributed by atoms with Gasteiger partial charge in [-0.05, 0) is 6.92 Å². The molecule has 148 valence electrons. The molecule has 0 bridgehead atoms. The van der Waals surface area contributed by atoms with Crippen LogP contribution in [0.4, 0.5) is 21.8 Å². The van der Waals surface area contributed by atoms with Gasteiger partial charge in [-0.2, -0.15) is 15.3 Å². The Kier molecular flexibility index (Phi) is 6.03. The molecule has 28 heavy (non-hydrogen) atoms. The monoisotopic (exact) mass is 386 g/mol. The number of alkyl halides is 1. The normalized spacial score (nSPS) is 18.7. The van der Waals surface area contributed by atoms with Crippen molar-refractivity contribution < 1.29 is 9.18 Å². The standard InChI is InChI=1S/C18H23FN8O/c1-12-7-22-18(24-14-8-23-26(2)11-14)25-17(12)21-9-15-6-13(19)10-27(15)16(28)4-3-5-20/h7-8,11,13,15H,3-4,6,9-10H2,1-2H3,(H2,21,22,24,25). The molecule has 0 radical (unpaired) electrons. The number of halogens is 1. The molecule has 3 rings (SSSR count). The van der Waals surface area contributed by atoms with Gasteiger partial charge in [0, 0.05) is 50.8 Å². The van der Waals surface area contributed by atoms with Crippen molar-refractivity contribution in [2.24, 2.45) is 7.05 Å². The largest absolute Gasteiger partial charge is 0.368 e. The van der Waals surface area contributed by atoms with Crippen molar-refractivity contribution in [3.63, 3.8) is 0 Å². The first-order chi connectivity index (χ1) is 13.5. The molecule has 10 heteroatoms. The number of nitriles is 1. The summed E-state index contributed by atoms with van der Waals surface area (Å²) in [5.41, 5.74) is 1.61. The van der Waals surface area contributed by atoms with Crippen LogP contribution in [0, 0.1) is 18.3 Å². The van der Waals surface area contributed by atoms with E-state index in [1.54, 1.807) is 23.3 Å². The number of hydrogen-bond acceptors (Lipinski definition) is 7. The van der Waals surface area contributed by atoms with Gasteiger partial charge in [0.2, 0.25) is 11.9 Å². The Morgan fingerprint density at radius 2 is 2.29 bits per heavy atom. The van der Waals surface area contributed by atoms with Gasteiger partial charge in [0.15, 0.2) is 0 Å². The van der Waals surface area contributed by atoms with Crippen LogP contribution in [0.2, 0.25) is 0 Å². The fourth-order valence-electron chi connectivity index (χ4n) is 3.18. The predicted molar refractivity (Wildman–Crippen MR) is 102 cm³/mol. The third kappa shape index (κ3) is 4.73. The van der Waals surface area contributed by atoms with Gasteiger partial charge in [0.1, 0.15) is 12.0 Å². The molecule has 2 aromatic heterocycles. The summed E-state index contributed by atoms with van der Waals surface area (Å²) >= 11 is 0. The SMILES string of the molecule is Cc1cnc(Nc2cnn(C)c2)nc1NCC1CC(F)CN1C(=O)CCC#N. The average Bonchev–Trinajstić information content (AvgIpc) is 3.25. The molecular formula is C18H23FN8O. The van der Waals surface area contributed by atoms with Crippen molar-refractivity contribution >= 4 is 23.4 Å². The van der Waals surface area contributed by atoms with E-state index in [0.29, 0.717) is 18.3 Å². The Bertz CT molecular complexity index is 877. The molecule has 0 aliphatic carbocycles. The number of nitrogens with one attached hydrogen (secondary N) is 2. The van der Waals surface area contributed by atoms with E-state index in [1.807, 2.05) is 20.0 Å². The average molecular weight is 386 g/mol. The smallest absolute Gasteiger partial charge is 0.229 e. The van der Waals surface area contributed by atoms with E-state index in [2.05, 4.69) is 25.7 Å². The van der Waals surface area contributed by atoms with E-state index in [1.165, 1.54) is 4.90 Å². The van der Waals surface area contributed by atoms with Crippen LogP contribution in [0.5, 0.6) is 0 Å². The first kappa shape index (κ1) is 19.5. The molecule has 1 saturated heterocycles. The van der Waals surface area contributed by atoms with Crippen LogP contribution in [-0.4, -0.2) is 55.9 Å². The second kappa shape index (κ2) is 8.65. The molecule has 2 aromatic rings. The second-order valence-electron chi connectivity index (χ2n) is 6.82. The van der Waals surface area contributed by atoms with Crippen molar-refractivity contribution in [3.8, 4) is 6.07 Å². The molecule has 2 unspecified atom stereocenters. The molecule has 1 fully saturated rings. The topological polar surface area (TPSA) is 112 Å². The molecule has 0 spiro atoms. The van der Waals surface area contributed by atoms with Crippen LogP contribution in [0.1, 0.15) is 24.8 Å². The lowest BCUT2D eigenvalue weighted by Gasteiger charge is -2.25. The highest BCUT2D eigenvalue weighted by Gasteiger charge is 2.34. The quantitative estimate of drug-likeness (QED) is 0.747. The minimum Gasteiger partial charge on any atom is -0.368 e. The maximum Gasteiger partial charge on any atom is 0.229 e. The number of rotatable bonds is 7. The highest BCUT2D eigenvalue weighted by Crippen LogP contribution is 2.23. The molecule has 0 aromatic carbocycles. The van der Waals surface area contributed by atoms with Crippen LogP contribution >= 0.6 is 0 Å². The number of amides is 1. The minimum atomic E-state index is -1.05. The van der Waals surface area contributed by atoms with E-state index in [4.69, 9.17) is 5.26 Å². The van der Waals surface area contributed by atoms with Crippen molar-refractivity contribution in [2.45, 2.75) is 38.4 Å². The van der Waals surface area contributed by atoms with E-state index in [-0.39, 0.29) is 37.8 Å². The number of nitrogens with zero attached hydrogens (tertiary/aromatic N) is 6. The third-order valence-corrected chi connectivity index (χ3v) is 4.57. The Labute approximate surface area is 162 Å². The van der Waals surface area contributed by atoms with E-state index >= 15 is 0 Å². The summed E-state index contributed by atoms with van der Waals surface area (Å²) in [6.07, 6.45) is 4.65. The van der Waals surface area contributed by atoms with Gasteiger partial charge in [-0.3, -0.25) is 9.48 Å². The summed E-state index contributed by atoms with van der Waals surface area (Å²) in [6, 6.07) is 1.68. The molecule has 1 amide bonds. The fraction of sp³-hybridized carbons (Fsp3) is 0.500. The summed E-state index contributed by atoms with van der Waals surface area (Å²) < 4.78 is 15.6. The van der Waals surface area contributed by atoms with Gasteiger partial charge < -0.3 is 15.5 Å². The van der Waals surface area contributed by atoms with Crippen molar-refractivity contribution in [1.29, 1.82) is 5.26 Å². The molecule has 0 saturated carbocycles. The summed E-state index contributed by atoms with van der Waals surface area (Å²) in [7, 11) is 1.82. The second-order valence-corrected chi connectivity index (χ2v) is 6.82. The Balaban J connectivity index is 1.65. The minimum absolute atomic E-state index is 0.0766. The number of aryl methyl sites for hydroxylation is 2. The number of carbonyl (C=O) groups is 1. The Morgan fingerprint density at radius 1 is 1.46 bits per heavy atom. The Hall–Kier alpha value is -3.22. The lowest BCUT2D eigenvalue weighted by molar-refractivity contribution is -0.131. The maximum absolute atomic E-state index is 13.9. The molecule has 2 atom stereocenters. The van der Waals surface area contributed by atoms with Gasteiger partial charge in [0.05, 0.1) is 30.5 Å². The van der Waals surface area contributed by atoms with Crippen molar-refractivity contribution in [2.75, 3.05) is 23.7 Å². The van der Waals surface area contributed by atoms with Gasteiger partial charge in [0.25, 0.3) is 0 Å². The van der Waals surface area contributed by atoms with E-state index < -0.39 is 6.17 Å². The molecule has 1 aliphatic heterocycles. The molecule has 9 nitrogen and oxygen atoms in total. The number of anilines is 3. The number of aromatic nitrogens is 4. The van der Waals surface area contributed by atoms with Crippen molar-refractivity contribution in [3.05, 3.63) is 24.2 Å². The molecule has 1 aliphatic rings. The fourth-order valence-corrected chi connectivity index (χ4v) is 3.18. The summed E-state index contributed by atoms with van der Waals surface area (Å²) in [5, 5.41) is 19.0. The third-order valence-electron chi connectivity index (χ3n) is 4.57. The molecular weight excluding hydrogens is 363 g/mol. The summed E-state index contributed by atoms with van der Waals surface area (Å²) in [5.74, 6) is 0.845.